The number of hydrogen-bond donors (Lipinski definition) is 1. The minimum absolute atomic E-state index is 0.122. The molecule has 0 spiro atoms. The van der Waals surface area contributed by atoms with Gasteiger partial charge in [0.1, 0.15) is 11.2 Å². The van der Waals surface area contributed by atoms with Gasteiger partial charge in [0, 0.05) is 40.5 Å². The van der Waals surface area contributed by atoms with Gasteiger partial charge in [-0.05, 0) is 54.7 Å². The molecule has 1 saturated heterocycles. The standard InChI is InChI=1S/C32H26ClNO6/c1-19-23-15-25-26(20-7-9-22(33)10-8-20)18-39-27(25)17-28(23)40-30(36)24(19)16-29(35)34-13-11-32(12-14-34,31(37)38)21-5-3-2-4-6-21/h2-10,15,17-18H,11-14,16H2,1H3,(H,37,38). The van der Waals surface area contributed by atoms with Crippen LogP contribution in [0.15, 0.2) is 86.6 Å². The van der Waals surface area contributed by atoms with E-state index in [1.54, 1.807) is 17.2 Å². The number of carbonyl (C=O) groups is 2. The molecule has 0 radical (unpaired) electrons. The number of amides is 1. The van der Waals surface area contributed by atoms with Crippen molar-refractivity contribution in [1.82, 2.24) is 4.90 Å². The maximum atomic E-state index is 13.3. The molecule has 0 atom stereocenters. The fraction of sp³-hybridized carbons (Fsp3) is 0.219. The van der Waals surface area contributed by atoms with Crippen LogP contribution in [-0.4, -0.2) is 35.0 Å². The van der Waals surface area contributed by atoms with Crippen LogP contribution >= 0.6 is 11.6 Å². The van der Waals surface area contributed by atoms with Gasteiger partial charge in [0.25, 0.3) is 0 Å². The number of carbonyl (C=O) groups excluding carboxylic acids is 1. The summed E-state index contributed by atoms with van der Waals surface area (Å²) in [6.07, 6.45) is 2.14. The average Bonchev–Trinajstić information content (AvgIpc) is 3.38. The fourth-order valence-electron chi connectivity index (χ4n) is 5.75. The first-order valence-electron chi connectivity index (χ1n) is 13.1. The van der Waals surface area contributed by atoms with Gasteiger partial charge in [0.05, 0.1) is 23.7 Å². The third-order valence-corrected chi connectivity index (χ3v) is 8.42. The summed E-state index contributed by atoms with van der Waals surface area (Å²) in [4.78, 5) is 40.3. The highest BCUT2D eigenvalue weighted by molar-refractivity contribution is 6.30. The summed E-state index contributed by atoms with van der Waals surface area (Å²) in [5, 5.41) is 12.3. The van der Waals surface area contributed by atoms with Crippen LogP contribution in [-0.2, 0) is 21.4 Å². The molecule has 0 unspecified atom stereocenters. The summed E-state index contributed by atoms with van der Waals surface area (Å²) in [6, 6.07) is 20.2. The number of benzene rings is 3. The van der Waals surface area contributed by atoms with Crippen molar-refractivity contribution in [3.05, 3.63) is 105 Å². The Bertz CT molecular complexity index is 1810. The van der Waals surface area contributed by atoms with E-state index < -0.39 is 17.0 Å². The third kappa shape index (κ3) is 4.36. The number of aryl methyl sites for hydroxylation is 1. The number of nitrogens with zero attached hydrogens (tertiary/aromatic N) is 1. The van der Waals surface area contributed by atoms with Gasteiger partial charge in [-0.25, -0.2) is 4.79 Å². The maximum Gasteiger partial charge on any atom is 0.340 e. The van der Waals surface area contributed by atoms with Gasteiger partial charge in [0.15, 0.2) is 0 Å². The molecule has 0 saturated carbocycles. The quantitative estimate of drug-likeness (QED) is 0.253. The first-order valence-corrected chi connectivity index (χ1v) is 13.4. The van der Waals surface area contributed by atoms with E-state index in [4.69, 9.17) is 20.4 Å². The molecule has 5 aromatic rings. The monoisotopic (exact) mass is 555 g/mol. The Balaban J connectivity index is 1.29. The molecule has 1 aliphatic rings. The molecule has 3 aromatic carbocycles. The van der Waals surface area contributed by atoms with Gasteiger partial charge in [-0.2, -0.15) is 0 Å². The zero-order chi connectivity index (χ0) is 28.0. The number of carboxylic acids is 1. The molecule has 202 valence electrons. The van der Waals surface area contributed by atoms with Crippen LogP contribution in [0, 0.1) is 6.92 Å². The number of rotatable bonds is 5. The minimum Gasteiger partial charge on any atom is -0.481 e. The van der Waals surface area contributed by atoms with Crippen molar-refractivity contribution in [2.75, 3.05) is 13.1 Å². The Hall–Kier alpha value is -4.36. The highest BCUT2D eigenvalue weighted by Gasteiger charge is 2.43. The molecule has 40 heavy (non-hydrogen) atoms. The molecule has 0 bridgehead atoms. The van der Waals surface area contributed by atoms with Gasteiger partial charge >= 0.3 is 11.6 Å². The molecule has 7 nitrogen and oxygen atoms in total. The maximum absolute atomic E-state index is 13.3. The van der Waals surface area contributed by atoms with Gasteiger partial charge in [-0.15, -0.1) is 0 Å². The Kier molecular flexibility index (Phi) is 6.47. The molecule has 6 rings (SSSR count). The van der Waals surface area contributed by atoms with Crippen molar-refractivity contribution >= 4 is 45.4 Å². The topological polar surface area (TPSA) is 101 Å². The summed E-state index contributed by atoms with van der Waals surface area (Å²) in [5.74, 6) is -1.12. The lowest BCUT2D eigenvalue weighted by Crippen LogP contribution is -2.49. The second-order valence-electron chi connectivity index (χ2n) is 10.3. The molecule has 0 aliphatic carbocycles. The van der Waals surface area contributed by atoms with E-state index in [-0.39, 0.29) is 25.4 Å². The molecule has 2 aromatic heterocycles. The van der Waals surface area contributed by atoms with Crippen molar-refractivity contribution in [2.24, 2.45) is 0 Å². The molecular weight excluding hydrogens is 530 g/mol. The van der Waals surface area contributed by atoms with Crippen molar-refractivity contribution in [3.8, 4) is 11.1 Å². The van der Waals surface area contributed by atoms with Crippen LogP contribution in [0.3, 0.4) is 0 Å². The van der Waals surface area contributed by atoms with Crippen molar-refractivity contribution < 1.29 is 23.5 Å². The molecule has 1 N–H and O–H groups in total. The molecule has 3 heterocycles. The van der Waals surface area contributed by atoms with E-state index in [9.17, 15) is 19.5 Å². The number of furan rings is 1. The summed E-state index contributed by atoms with van der Waals surface area (Å²) in [7, 11) is 0. The predicted molar refractivity (Wildman–Crippen MR) is 153 cm³/mol. The SMILES string of the molecule is Cc1c(CC(=O)N2CCC(C(=O)O)(c3ccccc3)CC2)c(=O)oc2cc3occ(-c4ccc(Cl)cc4)c3cc12. The summed E-state index contributed by atoms with van der Waals surface area (Å²) >= 11 is 6.05. The first-order chi connectivity index (χ1) is 19.3. The molecule has 1 fully saturated rings. The second kappa shape index (κ2) is 9.99. The van der Waals surface area contributed by atoms with Crippen LogP contribution < -0.4 is 5.63 Å². The van der Waals surface area contributed by atoms with E-state index in [1.807, 2.05) is 67.6 Å². The summed E-state index contributed by atoms with van der Waals surface area (Å²) in [5.41, 5.74) is 2.89. The number of fused-ring (bicyclic) bond motifs is 2. The van der Waals surface area contributed by atoms with Crippen molar-refractivity contribution in [2.45, 2.75) is 31.6 Å². The normalized spacial score (nSPS) is 15.0. The lowest BCUT2D eigenvalue weighted by atomic mass is 9.73. The highest BCUT2D eigenvalue weighted by Crippen LogP contribution is 2.37. The van der Waals surface area contributed by atoms with E-state index >= 15 is 0 Å². The summed E-state index contributed by atoms with van der Waals surface area (Å²) in [6.45, 7) is 2.40. The van der Waals surface area contributed by atoms with Crippen LogP contribution in [0.1, 0.15) is 29.5 Å². The van der Waals surface area contributed by atoms with E-state index in [1.165, 1.54) is 0 Å². The molecule has 1 aliphatic heterocycles. The Morgan fingerprint density at radius 3 is 2.35 bits per heavy atom. The van der Waals surface area contributed by atoms with Gasteiger partial charge in [0.2, 0.25) is 5.91 Å². The van der Waals surface area contributed by atoms with Crippen LogP contribution in [0.4, 0.5) is 0 Å². The van der Waals surface area contributed by atoms with Gasteiger partial charge in [-0.3, -0.25) is 9.59 Å². The van der Waals surface area contributed by atoms with Gasteiger partial charge < -0.3 is 18.8 Å². The number of halogens is 1. The number of carboxylic acid groups (broad SMARTS) is 1. The number of aliphatic carboxylic acids is 1. The number of piperidine rings is 1. The van der Waals surface area contributed by atoms with E-state index in [0.29, 0.717) is 40.2 Å². The van der Waals surface area contributed by atoms with Crippen LogP contribution in [0.25, 0.3) is 33.1 Å². The Morgan fingerprint density at radius 2 is 1.68 bits per heavy atom. The van der Waals surface area contributed by atoms with Crippen LogP contribution in [0.5, 0.6) is 0 Å². The first kappa shape index (κ1) is 25.9. The highest BCUT2D eigenvalue weighted by atomic mass is 35.5. The largest absolute Gasteiger partial charge is 0.481 e. The Labute approximate surface area is 234 Å². The number of likely N-dealkylation sites (tertiary alicyclic amines) is 1. The molecule has 1 amide bonds. The predicted octanol–water partition coefficient (Wildman–Crippen LogP) is 6.36. The van der Waals surface area contributed by atoms with Gasteiger partial charge in [-0.1, -0.05) is 54.1 Å². The fourth-order valence-corrected chi connectivity index (χ4v) is 5.88. The summed E-state index contributed by atoms with van der Waals surface area (Å²) < 4.78 is 11.4. The smallest absolute Gasteiger partial charge is 0.340 e. The zero-order valence-corrected chi connectivity index (χ0v) is 22.5. The average molecular weight is 556 g/mol. The third-order valence-electron chi connectivity index (χ3n) is 8.17. The molecular formula is C32H26ClNO6. The number of hydrogen-bond acceptors (Lipinski definition) is 5. The van der Waals surface area contributed by atoms with Crippen molar-refractivity contribution in [3.63, 3.8) is 0 Å². The molecule has 8 heteroatoms. The second-order valence-corrected chi connectivity index (χ2v) is 10.7. The lowest BCUT2D eigenvalue weighted by molar-refractivity contribution is -0.148. The van der Waals surface area contributed by atoms with Crippen LogP contribution in [0.2, 0.25) is 5.02 Å². The Morgan fingerprint density at radius 1 is 0.975 bits per heavy atom. The minimum atomic E-state index is -1.03. The van der Waals surface area contributed by atoms with E-state index in [0.717, 1.165) is 27.5 Å². The lowest BCUT2D eigenvalue weighted by Gasteiger charge is -2.39. The van der Waals surface area contributed by atoms with Crippen molar-refractivity contribution in [1.29, 1.82) is 0 Å². The van der Waals surface area contributed by atoms with E-state index in [2.05, 4.69) is 0 Å². The zero-order valence-electron chi connectivity index (χ0n) is 21.8.